The molecule has 6 heteroatoms. The van der Waals surface area contributed by atoms with Crippen LogP contribution in [0.5, 0.6) is 0 Å². The minimum Gasteiger partial charge on any atom is -0.481 e. The second-order valence-corrected chi connectivity index (χ2v) is 5.82. The number of rotatable bonds is 7. The summed E-state index contributed by atoms with van der Waals surface area (Å²) in [5.74, 6) is -0.921. The molecule has 0 spiro atoms. The topological polar surface area (TPSA) is 66.4 Å². The summed E-state index contributed by atoms with van der Waals surface area (Å²) < 4.78 is 1.11. The molecule has 2 N–H and O–H groups in total. The zero-order valence-corrected chi connectivity index (χ0v) is 11.1. The highest BCUT2D eigenvalue weighted by atomic mass is 32.2. The molecular weight excluding hydrogens is 258 g/mol. The first-order valence-corrected chi connectivity index (χ1v) is 7.12. The molecule has 0 radical (unpaired) electrons. The second kappa shape index (κ2) is 7.34. The third-order valence-electron chi connectivity index (χ3n) is 2.16. The van der Waals surface area contributed by atoms with Gasteiger partial charge in [0.15, 0.2) is 0 Å². The lowest BCUT2D eigenvalue weighted by Crippen LogP contribution is -2.28. The standard InChI is InChI=1S/C11H15NO3S2/c1-8(11(14)15)4-5-12-9(13)7-17-10-3-2-6-16-10/h2-3,6,8H,4-5,7H2,1H3,(H,12,13)(H,14,15). The lowest BCUT2D eigenvalue weighted by molar-refractivity contribution is -0.141. The Kier molecular flexibility index (Phi) is 6.07. The van der Waals surface area contributed by atoms with E-state index in [2.05, 4.69) is 5.32 Å². The molecule has 0 aliphatic heterocycles. The maximum atomic E-state index is 11.4. The number of carbonyl (C=O) groups excluding carboxylic acids is 1. The van der Waals surface area contributed by atoms with E-state index in [1.54, 1.807) is 18.3 Å². The van der Waals surface area contributed by atoms with Crippen LogP contribution in [-0.2, 0) is 9.59 Å². The second-order valence-electron chi connectivity index (χ2n) is 3.60. The van der Waals surface area contributed by atoms with E-state index in [0.717, 1.165) is 4.21 Å². The predicted molar refractivity (Wildman–Crippen MR) is 69.5 cm³/mol. The van der Waals surface area contributed by atoms with Crippen LogP contribution < -0.4 is 5.32 Å². The molecule has 17 heavy (non-hydrogen) atoms. The Morgan fingerprint density at radius 3 is 2.94 bits per heavy atom. The van der Waals surface area contributed by atoms with Gasteiger partial charge in [0.05, 0.1) is 15.9 Å². The summed E-state index contributed by atoms with van der Waals surface area (Å²) in [4.78, 5) is 22.0. The van der Waals surface area contributed by atoms with Crippen molar-refractivity contribution in [2.45, 2.75) is 17.6 Å². The SMILES string of the molecule is CC(CCNC(=O)CSc1cccs1)C(=O)O. The third-order valence-corrected chi connectivity index (χ3v) is 4.29. The molecule has 0 saturated carbocycles. The maximum absolute atomic E-state index is 11.4. The number of nitrogens with one attached hydrogen (secondary N) is 1. The van der Waals surface area contributed by atoms with Gasteiger partial charge < -0.3 is 10.4 Å². The molecule has 0 bridgehead atoms. The molecule has 0 aromatic carbocycles. The number of amides is 1. The van der Waals surface area contributed by atoms with Crippen LogP contribution in [0.25, 0.3) is 0 Å². The number of hydrogen-bond acceptors (Lipinski definition) is 4. The van der Waals surface area contributed by atoms with Gasteiger partial charge in [0.25, 0.3) is 0 Å². The Morgan fingerprint density at radius 2 is 2.35 bits per heavy atom. The molecule has 1 unspecified atom stereocenters. The van der Waals surface area contributed by atoms with Crippen LogP contribution in [0, 0.1) is 5.92 Å². The van der Waals surface area contributed by atoms with Crippen molar-refractivity contribution in [2.75, 3.05) is 12.3 Å². The first-order chi connectivity index (χ1) is 8.09. The summed E-state index contributed by atoms with van der Waals surface area (Å²) >= 11 is 3.09. The number of carboxylic acids is 1. The van der Waals surface area contributed by atoms with Gasteiger partial charge in [-0.25, -0.2) is 0 Å². The lowest BCUT2D eigenvalue weighted by atomic mass is 10.1. The molecule has 1 aromatic rings. The Bertz CT molecular complexity index is 365. The minimum absolute atomic E-state index is 0.0546. The van der Waals surface area contributed by atoms with E-state index in [1.165, 1.54) is 11.8 Å². The highest BCUT2D eigenvalue weighted by Gasteiger charge is 2.10. The van der Waals surface area contributed by atoms with Gasteiger partial charge in [0.1, 0.15) is 0 Å². The number of aliphatic carboxylic acids is 1. The van der Waals surface area contributed by atoms with E-state index in [0.29, 0.717) is 18.7 Å². The fourth-order valence-electron chi connectivity index (χ4n) is 1.08. The van der Waals surface area contributed by atoms with Crippen LogP contribution in [-0.4, -0.2) is 29.3 Å². The van der Waals surface area contributed by atoms with Crippen LogP contribution >= 0.6 is 23.1 Å². The Hall–Kier alpha value is -1.01. The summed E-state index contributed by atoms with van der Waals surface area (Å²) in [6.45, 7) is 2.05. The van der Waals surface area contributed by atoms with E-state index in [1.807, 2.05) is 17.5 Å². The van der Waals surface area contributed by atoms with Gasteiger partial charge in [-0.05, 0) is 17.9 Å². The van der Waals surface area contributed by atoms with Crippen LogP contribution in [0.3, 0.4) is 0 Å². The lowest BCUT2D eigenvalue weighted by Gasteiger charge is -2.07. The molecule has 1 heterocycles. The van der Waals surface area contributed by atoms with Crippen molar-refractivity contribution in [3.63, 3.8) is 0 Å². The first kappa shape index (κ1) is 14.1. The van der Waals surface area contributed by atoms with Crippen molar-refractivity contribution >= 4 is 35.0 Å². The zero-order valence-electron chi connectivity index (χ0n) is 9.51. The van der Waals surface area contributed by atoms with Crippen LogP contribution in [0.4, 0.5) is 0 Å². The van der Waals surface area contributed by atoms with E-state index >= 15 is 0 Å². The monoisotopic (exact) mass is 273 g/mol. The van der Waals surface area contributed by atoms with Crippen molar-refractivity contribution in [1.29, 1.82) is 0 Å². The first-order valence-electron chi connectivity index (χ1n) is 5.25. The molecule has 0 saturated heterocycles. The molecule has 0 aliphatic rings. The average molecular weight is 273 g/mol. The third kappa shape index (κ3) is 5.74. The van der Waals surface area contributed by atoms with E-state index in [-0.39, 0.29) is 5.91 Å². The largest absolute Gasteiger partial charge is 0.481 e. The number of thioether (sulfide) groups is 1. The summed E-state index contributed by atoms with van der Waals surface area (Å²) in [5.41, 5.74) is 0. The van der Waals surface area contributed by atoms with Crippen LogP contribution in [0.2, 0.25) is 0 Å². The highest BCUT2D eigenvalue weighted by Crippen LogP contribution is 2.22. The number of hydrogen-bond donors (Lipinski definition) is 2. The Morgan fingerprint density at radius 1 is 1.59 bits per heavy atom. The summed E-state index contributed by atoms with van der Waals surface area (Å²) in [5, 5.41) is 13.3. The molecule has 0 aliphatic carbocycles. The molecule has 0 fully saturated rings. The molecule has 4 nitrogen and oxygen atoms in total. The minimum atomic E-state index is -0.827. The number of carboxylic acid groups (broad SMARTS) is 1. The number of carbonyl (C=O) groups is 2. The highest BCUT2D eigenvalue weighted by molar-refractivity contribution is 8.01. The molecule has 1 amide bonds. The van der Waals surface area contributed by atoms with Crippen molar-refractivity contribution in [3.05, 3.63) is 17.5 Å². The van der Waals surface area contributed by atoms with Crippen molar-refractivity contribution in [3.8, 4) is 0 Å². The molecule has 1 atom stereocenters. The van der Waals surface area contributed by atoms with E-state index in [4.69, 9.17) is 5.11 Å². The quantitative estimate of drug-likeness (QED) is 0.746. The van der Waals surface area contributed by atoms with Gasteiger partial charge >= 0.3 is 5.97 Å². The van der Waals surface area contributed by atoms with Gasteiger partial charge in [-0.1, -0.05) is 13.0 Å². The molecular formula is C11H15NO3S2. The fourth-order valence-corrected chi connectivity index (χ4v) is 2.70. The molecule has 1 aromatic heterocycles. The number of thiophene rings is 1. The van der Waals surface area contributed by atoms with E-state index < -0.39 is 11.9 Å². The van der Waals surface area contributed by atoms with Crippen molar-refractivity contribution in [2.24, 2.45) is 5.92 Å². The van der Waals surface area contributed by atoms with Crippen LogP contribution in [0.1, 0.15) is 13.3 Å². The van der Waals surface area contributed by atoms with Crippen LogP contribution in [0.15, 0.2) is 21.7 Å². The van der Waals surface area contributed by atoms with Gasteiger partial charge in [-0.3, -0.25) is 9.59 Å². The predicted octanol–water partition coefficient (Wildman–Crippen LogP) is 2.07. The van der Waals surface area contributed by atoms with Crippen molar-refractivity contribution in [1.82, 2.24) is 5.32 Å². The molecule has 1 rings (SSSR count). The maximum Gasteiger partial charge on any atom is 0.306 e. The zero-order chi connectivity index (χ0) is 12.7. The Balaban J connectivity index is 2.11. The Labute approximate surface area is 108 Å². The van der Waals surface area contributed by atoms with Gasteiger partial charge in [-0.2, -0.15) is 0 Å². The van der Waals surface area contributed by atoms with E-state index in [9.17, 15) is 9.59 Å². The summed E-state index contributed by atoms with van der Waals surface area (Å²) in [6, 6.07) is 3.91. The normalized spacial score (nSPS) is 12.1. The van der Waals surface area contributed by atoms with Crippen molar-refractivity contribution < 1.29 is 14.7 Å². The summed E-state index contributed by atoms with van der Waals surface area (Å²) in [6.07, 6.45) is 0.463. The van der Waals surface area contributed by atoms with Gasteiger partial charge in [0, 0.05) is 6.54 Å². The summed E-state index contributed by atoms with van der Waals surface area (Å²) in [7, 11) is 0. The smallest absolute Gasteiger partial charge is 0.306 e. The average Bonchev–Trinajstić information content (AvgIpc) is 2.78. The van der Waals surface area contributed by atoms with Gasteiger partial charge in [-0.15, -0.1) is 23.1 Å². The van der Waals surface area contributed by atoms with Gasteiger partial charge in [0.2, 0.25) is 5.91 Å². The molecule has 94 valence electrons. The fraction of sp³-hybridized carbons (Fsp3) is 0.455.